The number of anilines is 1. The summed E-state index contributed by atoms with van der Waals surface area (Å²) in [6, 6.07) is 4.96. The van der Waals surface area contributed by atoms with Crippen molar-refractivity contribution in [2.24, 2.45) is 5.92 Å². The molecule has 1 aromatic heterocycles. The van der Waals surface area contributed by atoms with Crippen LogP contribution in [0.1, 0.15) is 18.4 Å². The Morgan fingerprint density at radius 3 is 2.92 bits per heavy atom. The van der Waals surface area contributed by atoms with E-state index in [1.807, 2.05) is 0 Å². The second-order valence-corrected chi connectivity index (χ2v) is 8.16. The average molecular weight is 363 g/mol. The Bertz CT molecular complexity index is 857. The molecule has 0 saturated carbocycles. The van der Waals surface area contributed by atoms with Gasteiger partial charge < -0.3 is 9.47 Å². The lowest BCUT2D eigenvalue weighted by Crippen LogP contribution is -2.20. The van der Waals surface area contributed by atoms with Crippen molar-refractivity contribution in [3.63, 3.8) is 0 Å². The van der Waals surface area contributed by atoms with E-state index in [-0.39, 0.29) is 4.90 Å². The number of benzene rings is 1. The highest BCUT2D eigenvalue weighted by molar-refractivity contribution is 7.92. The molecule has 0 spiro atoms. The maximum atomic E-state index is 12.6. The van der Waals surface area contributed by atoms with Crippen molar-refractivity contribution in [3.05, 3.63) is 36.2 Å². The van der Waals surface area contributed by atoms with E-state index in [9.17, 15) is 8.42 Å². The highest BCUT2D eigenvalue weighted by Crippen LogP contribution is 2.28. The first-order chi connectivity index (χ1) is 12.1. The standard InChI is InChI=1S/C17H21N3O4S/c21-25(22,16-1-2-17-14(9-16)5-8-24-17)19-15-10-18-20(12-15)11-13-3-6-23-7-4-13/h1-2,9-10,12-13,19H,3-8,11H2. The molecule has 0 aliphatic carbocycles. The molecule has 8 heteroatoms. The summed E-state index contributed by atoms with van der Waals surface area (Å²) in [7, 11) is -3.63. The first kappa shape index (κ1) is 16.4. The van der Waals surface area contributed by atoms with Crippen molar-refractivity contribution in [2.75, 3.05) is 24.5 Å². The lowest BCUT2D eigenvalue weighted by molar-refractivity contribution is 0.0601. The third-order valence-electron chi connectivity index (χ3n) is 4.64. The van der Waals surface area contributed by atoms with Gasteiger partial charge in [-0.15, -0.1) is 0 Å². The van der Waals surface area contributed by atoms with Gasteiger partial charge in [0.05, 0.1) is 23.4 Å². The van der Waals surface area contributed by atoms with Gasteiger partial charge in [0, 0.05) is 32.4 Å². The summed E-state index contributed by atoms with van der Waals surface area (Å²) in [5.41, 5.74) is 1.40. The molecule has 25 heavy (non-hydrogen) atoms. The van der Waals surface area contributed by atoms with E-state index < -0.39 is 10.0 Å². The Morgan fingerprint density at radius 1 is 1.24 bits per heavy atom. The normalized spacial score (nSPS) is 17.9. The summed E-state index contributed by atoms with van der Waals surface area (Å²) in [6.45, 7) is 2.95. The Kier molecular flexibility index (Phi) is 4.39. The number of hydrogen-bond donors (Lipinski definition) is 1. The average Bonchev–Trinajstić information content (AvgIpc) is 3.24. The zero-order chi connectivity index (χ0) is 17.3. The van der Waals surface area contributed by atoms with Gasteiger partial charge >= 0.3 is 0 Å². The van der Waals surface area contributed by atoms with Crippen LogP contribution in [0.15, 0.2) is 35.5 Å². The van der Waals surface area contributed by atoms with Gasteiger partial charge in [-0.05, 0) is 42.5 Å². The van der Waals surface area contributed by atoms with Crippen LogP contribution in [0.2, 0.25) is 0 Å². The van der Waals surface area contributed by atoms with E-state index in [4.69, 9.17) is 9.47 Å². The monoisotopic (exact) mass is 363 g/mol. The molecule has 0 unspecified atom stereocenters. The summed E-state index contributed by atoms with van der Waals surface area (Å²) >= 11 is 0. The van der Waals surface area contributed by atoms with Gasteiger partial charge in [-0.2, -0.15) is 5.10 Å². The molecule has 1 aromatic carbocycles. The number of fused-ring (bicyclic) bond motifs is 1. The van der Waals surface area contributed by atoms with Crippen molar-refractivity contribution in [1.82, 2.24) is 9.78 Å². The number of sulfonamides is 1. The van der Waals surface area contributed by atoms with E-state index in [1.165, 1.54) is 0 Å². The van der Waals surface area contributed by atoms with Crippen molar-refractivity contribution in [3.8, 4) is 5.75 Å². The molecule has 3 heterocycles. The van der Waals surface area contributed by atoms with Crippen LogP contribution in [-0.2, 0) is 27.7 Å². The van der Waals surface area contributed by atoms with Crippen molar-refractivity contribution >= 4 is 15.7 Å². The minimum Gasteiger partial charge on any atom is -0.493 e. The van der Waals surface area contributed by atoms with Crippen LogP contribution in [0.5, 0.6) is 5.75 Å². The highest BCUT2D eigenvalue weighted by Gasteiger charge is 2.20. The maximum absolute atomic E-state index is 12.6. The largest absolute Gasteiger partial charge is 0.493 e. The Morgan fingerprint density at radius 2 is 2.08 bits per heavy atom. The summed E-state index contributed by atoms with van der Waals surface area (Å²) < 4.78 is 40.4. The SMILES string of the molecule is O=S(=O)(Nc1cnn(CC2CCOCC2)c1)c1ccc2c(c1)CCO2. The van der Waals surface area contributed by atoms with E-state index >= 15 is 0 Å². The molecule has 0 amide bonds. The quantitative estimate of drug-likeness (QED) is 0.879. The molecule has 1 fully saturated rings. The maximum Gasteiger partial charge on any atom is 0.262 e. The lowest BCUT2D eigenvalue weighted by atomic mass is 10.0. The fraction of sp³-hybridized carbons (Fsp3) is 0.471. The van der Waals surface area contributed by atoms with Gasteiger partial charge in [-0.25, -0.2) is 8.42 Å². The van der Waals surface area contributed by atoms with Crippen molar-refractivity contribution in [1.29, 1.82) is 0 Å². The molecular formula is C17H21N3O4S. The second-order valence-electron chi connectivity index (χ2n) is 6.48. The van der Waals surface area contributed by atoms with Crippen LogP contribution in [0, 0.1) is 5.92 Å². The number of nitrogens with one attached hydrogen (secondary N) is 1. The predicted octanol–water partition coefficient (Wildman–Crippen LogP) is 2.05. The molecule has 1 N–H and O–H groups in total. The highest BCUT2D eigenvalue weighted by atomic mass is 32.2. The van der Waals surface area contributed by atoms with Crippen LogP contribution >= 0.6 is 0 Å². The van der Waals surface area contributed by atoms with Crippen molar-refractivity contribution < 1.29 is 17.9 Å². The van der Waals surface area contributed by atoms with Crippen LogP contribution in [0.4, 0.5) is 5.69 Å². The molecule has 4 rings (SSSR count). The third kappa shape index (κ3) is 3.64. The first-order valence-electron chi connectivity index (χ1n) is 8.49. The van der Waals surface area contributed by atoms with Crippen LogP contribution in [0.25, 0.3) is 0 Å². The molecule has 2 aliphatic rings. The number of rotatable bonds is 5. The summed E-state index contributed by atoms with van der Waals surface area (Å²) in [5.74, 6) is 1.29. The number of aromatic nitrogens is 2. The fourth-order valence-electron chi connectivity index (χ4n) is 3.25. The molecular weight excluding hydrogens is 342 g/mol. The van der Waals surface area contributed by atoms with E-state index in [0.717, 1.165) is 50.3 Å². The van der Waals surface area contributed by atoms with Gasteiger partial charge in [-0.3, -0.25) is 9.40 Å². The number of hydrogen-bond acceptors (Lipinski definition) is 5. The van der Waals surface area contributed by atoms with Crippen LogP contribution < -0.4 is 9.46 Å². The molecule has 0 radical (unpaired) electrons. The molecule has 2 aromatic rings. The van der Waals surface area contributed by atoms with Gasteiger partial charge in [0.15, 0.2) is 0 Å². The summed E-state index contributed by atoms with van der Waals surface area (Å²) in [6.07, 6.45) is 6.05. The van der Waals surface area contributed by atoms with E-state index in [2.05, 4.69) is 9.82 Å². The Hall–Kier alpha value is -2.06. The van der Waals surface area contributed by atoms with E-state index in [0.29, 0.717) is 18.2 Å². The smallest absolute Gasteiger partial charge is 0.262 e. The number of nitrogens with zero attached hydrogens (tertiary/aromatic N) is 2. The molecule has 1 saturated heterocycles. The van der Waals surface area contributed by atoms with Gasteiger partial charge in [0.2, 0.25) is 0 Å². The Balaban J connectivity index is 1.46. The first-order valence-corrected chi connectivity index (χ1v) is 9.97. The lowest BCUT2D eigenvalue weighted by Gasteiger charge is -2.21. The minimum atomic E-state index is -3.63. The van der Waals surface area contributed by atoms with Crippen molar-refractivity contribution in [2.45, 2.75) is 30.7 Å². The minimum absolute atomic E-state index is 0.244. The zero-order valence-electron chi connectivity index (χ0n) is 13.8. The van der Waals surface area contributed by atoms with E-state index in [1.54, 1.807) is 35.3 Å². The molecule has 7 nitrogen and oxygen atoms in total. The number of ether oxygens (including phenoxy) is 2. The Labute approximate surface area is 147 Å². The van der Waals surface area contributed by atoms with Crippen LogP contribution in [-0.4, -0.2) is 38.0 Å². The summed E-state index contributed by atoms with van der Waals surface area (Å²) in [5, 5.41) is 4.27. The molecule has 134 valence electrons. The second kappa shape index (κ2) is 6.68. The van der Waals surface area contributed by atoms with Gasteiger partial charge in [0.1, 0.15) is 5.75 Å². The third-order valence-corrected chi connectivity index (χ3v) is 6.02. The van der Waals surface area contributed by atoms with Gasteiger partial charge in [-0.1, -0.05) is 0 Å². The van der Waals surface area contributed by atoms with Gasteiger partial charge in [0.25, 0.3) is 10.0 Å². The molecule has 0 atom stereocenters. The zero-order valence-corrected chi connectivity index (χ0v) is 14.7. The van der Waals surface area contributed by atoms with Crippen LogP contribution in [0.3, 0.4) is 0 Å². The predicted molar refractivity (Wildman–Crippen MR) is 92.2 cm³/mol. The molecule has 2 aliphatic heterocycles. The fourth-order valence-corrected chi connectivity index (χ4v) is 4.33. The molecule has 0 bridgehead atoms. The summed E-state index contributed by atoms with van der Waals surface area (Å²) in [4.78, 5) is 0.244. The topological polar surface area (TPSA) is 82.5 Å².